The normalized spacial score (nSPS) is 17.7. The Bertz CT molecular complexity index is 1210. The van der Waals surface area contributed by atoms with Crippen LogP contribution in [-0.4, -0.2) is 46.5 Å². The van der Waals surface area contributed by atoms with Crippen LogP contribution in [0, 0.1) is 0 Å². The molecule has 4 rings (SSSR count). The third kappa shape index (κ3) is 4.34. The van der Waals surface area contributed by atoms with Crippen molar-refractivity contribution in [2.24, 2.45) is 0 Å². The van der Waals surface area contributed by atoms with Crippen molar-refractivity contribution >= 4 is 32.8 Å². The molecule has 1 saturated heterocycles. The second-order valence-corrected chi connectivity index (χ2v) is 9.02. The SMILES string of the molecule is CSc1nccc(-c2nn(C3CCCCO3)c3ccc(OS(=O)(=O)C(F)(F)F)cc23)n1. The van der Waals surface area contributed by atoms with E-state index in [1.807, 2.05) is 0 Å². The molecule has 2 aromatic heterocycles. The topological polar surface area (TPSA) is 96.2 Å². The summed E-state index contributed by atoms with van der Waals surface area (Å²) in [4.78, 5) is 8.53. The fraction of sp³-hybridized carbons (Fsp3) is 0.389. The lowest BCUT2D eigenvalue weighted by molar-refractivity contribution is -0.0500. The molecule has 0 radical (unpaired) electrons. The second-order valence-electron chi connectivity index (χ2n) is 6.71. The number of aromatic nitrogens is 4. The smallest absolute Gasteiger partial charge is 0.376 e. The van der Waals surface area contributed by atoms with Crippen LogP contribution < -0.4 is 4.18 Å². The molecule has 1 atom stereocenters. The van der Waals surface area contributed by atoms with E-state index in [1.165, 1.54) is 23.9 Å². The Kier molecular flexibility index (Phi) is 5.83. The average molecular weight is 474 g/mol. The first kappa shape index (κ1) is 21.8. The quantitative estimate of drug-likeness (QED) is 0.236. The molecule has 0 saturated carbocycles. The molecule has 0 aliphatic carbocycles. The van der Waals surface area contributed by atoms with Gasteiger partial charge in [0.25, 0.3) is 0 Å². The van der Waals surface area contributed by atoms with Crippen molar-refractivity contribution in [3.8, 4) is 17.1 Å². The van der Waals surface area contributed by atoms with Crippen LogP contribution in [0.25, 0.3) is 22.3 Å². The largest absolute Gasteiger partial charge is 0.534 e. The van der Waals surface area contributed by atoms with Crippen LogP contribution in [0.3, 0.4) is 0 Å². The molecule has 0 spiro atoms. The zero-order valence-corrected chi connectivity index (χ0v) is 17.8. The van der Waals surface area contributed by atoms with E-state index < -0.39 is 21.4 Å². The third-order valence-electron chi connectivity index (χ3n) is 4.65. The van der Waals surface area contributed by atoms with Gasteiger partial charge in [0.05, 0.1) is 11.2 Å². The number of hydrogen-bond donors (Lipinski definition) is 0. The van der Waals surface area contributed by atoms with E-state index in [1.54, 1.807) is 23.2 Å². The first-order chi connectivity index (χ1) is 14.7. The molecule has 0 bridgehead atoms. The van der Waals surface area contributed by atoms with Crippen molar-refractivity contribution < 1.29 is 30.5 Å². The highest BCUT2D eigenvalue weighted by atomic mass is 32.2. The van der Waals surface area contributed by atoms with Gasteiger partial charge in [0, 0.05) is 18.2 Å². The van der Waals surface area contributed by atoms with Gasteiger partial charge in [-0.15, -0.1) is 0 Å². The molecular formula is C18H17F3N4O4S2. The summed E-state index contributed by atoms with van der Waals surface area (Å²) in [5.41, 5.74) is -4.18. The molecule has 0 amide bonds. The Morgan fingerprint density at radius 1 is 1.26 bits per heavy atom. The Morgan fingerprint density at radius 3 is 2.74 bits per heavy atom. The fourth-order valence-corrected chi connectivity index (χ4v) is 4.05. The van der Waals surface area contributed by atoms with Crippen LogP contribution in [0.5, 0.6) is 5.75 Å². The fourth-order valence-electron chi connectivity index (χ4n) is 3.24. The minimum absolute atomic E-state index is 0.350. The number of nitrogens with zero attached hydrogens (tertiary/aromatic N) is 4. The van der Waals surface area contributed by atoms with Crippen LogP contribution in [0.1, 0.15) is 25.5 Å². The standard InChI is InChI=1S/C18H17F3N4O4S2/c1-30-17-22-8-7-13(23-17)16-12-10-11(29-31(26,27)18(19,20)21)5-6-14(12)25(24-16)15-4-2-3-9-28-15/h5-8,10,15H,2-4,9H2,1H3. The molecule has 1 unspecified atom stereocenters. The summed E-state index contributed by atoms with van der Waals surface area (Å²) in [5, 5.41) is 5.48. The van der Waals surface area contributed by atoms with Gasteiger partial charge in [-0.25, -0.2) is 14.6 Å². The van der Waals surface area contributed by atoms with Crippen LogP contribution in [0.15, 0.2) is 35.6 Å². The maximum Gasteiger partial charge on any atom is 0.534 e. The summed E-state index contributed by atoms with van der Waals surface area (Å²) in [6, 6.07) is 5.44. The molecule has 3 heterocycles. The maximum absolute atomic E-state index is 12.7. The Labute approximate surface area is 179 Å². The molecule has 8 nitrogen and oxygen atoms in total. The lowest BCUT2D eigenvalue weighted by atomic mass is 10.1. The number of benzene rings is 1. The Balaban J connectivity index is 1.85. The summed E-state index contributed by atoms with van der Waals surface area (Å²) in [6.45, 7) is 0.566. The highest BCUT2D eigenvalue weighted by Crippen LogP contribution is 2.35. The molecule has 13 heteroatoms. The first-order valence-corrected chi connectivity index (χ1v) is 11.8. The number of ether oxygens (including phenoxy) is 1. The number of thioether (sulfide) groups is 1. The van der Waals surface area contributed by atoms with Crippen LogP contribution in [0.2, 0.25) is 0 Å². The van der Waals surface area contributed by atoms with Gasteiger partial charge in [-0.1, -0.05) is 11.8 Å². The Hall–Kier alpha value is -2.38. The highest BCUT2D eigenvalue weighted by Gasteiger charge is 2.48. The van der Waals surface area contributed by atoms with Crippen LogP contribution in [-0.2, 0) is 14.9 Å². The zero-order valence-electron chi connectivity index (χ0n) is 16.2. The molecule has 1 aromatic carbocycles. The molecular weight excluding hydrogens is 457 g/mol. The lowest BCUT2D eigenvalue weighted by Gasteiger charge is -2.23. The summed E-state index contributed by atoms with van der Waals surface area (Å²) in [7, 11) is -5.80. The molecule has 1 fully saturated rings. The van der Waals surface area contributed by atoms with Gasteiger partial charge in [-0.05, 0) is 49.8 Å². The van der Waals surface area contributed by atoms with Crippen molar-refractivity contribution in [2.75, 3.05) is 12.9 Å². The van der Waals surface area contributed by atoms with Crippen molar-refractivity contribution in [3.05, 3.63) is 30.5 Å². The summed E-state index contributed by atoms with van der Waals surface area (Å²) in [5.74, 6) is -0.477. The predicted molar refractivity (Wildman–Crippen MR) is 107 cm³/mol. The Morgan fingerprint density at radius 2 is 2.06 bits per heavy atom. The van der Waals surface area contributed by atoms with E-state index in [4.69, 9.17) is 4.74 Å². The molecule has 1 aliphatic rings. The van der Waals surface area contributed by atoms with Gasteiger partial charge in [0.2, 0.25) is 0 Å². The third-order valence-corrected chi connectivity index (χ3v) is 6.19. The first-order valence-electron chi connectivity index (χ1n) is 9.21. The second kappa shape index (κ2) is 8.28. The zero-order chi connectivity index (χ0) is 22.2. The van der Waals surface area contributed by atoms with E-state index in [-0.39, 0.29) is 6.23 Å². The summed E-state index contributed by atoms with van der Waals surface area (Å²) in [6.07, 6.45) is 5.59. The lowest BCUT2D eigenvalue weighted by Crippen LogP contribution is -2.28. The van der Waals surface area contributed by atoms with Crippen molar-refractivity contribution in [2.45, 2.75) is 36.2 Å². The van der Waals surface area contributed by atoms with Crippen molar-refractivity contribution in [1.82, 2.24) is 19.7 Å². The van der Waals surface area contributed by atoms with E-state index in [2.05, 4.69) is 19.2 Å². The van der Waals surface area contributed by atoms with E-state index in [0.29, 0.717) is 34.1 Å². The average Bonchev–Trinajstić information content (AvgIpc) is 3.12. The van der Waals surface area contributed by atoms with Gasteiger partial charge >= 0.3 is 15.6 Å². The predicted octanol–water partition coefficient (Wildman–Crippen LogP) is 4.14. The van der Waals surface area contributed by atoms with Crippen LogP contribution >= 0.6 is 11.8 Å². The van der Waals surface area contributed by atoms with Gasteiger partial charge < -0.3 is 8.92 Å². The summed E-state index contributed by atoms with van der Waals surface area (Å²) < 4.78 is 72.9. The number of halogens is 3. The number of rotatable bonds is 5. The molecule has 1 aliphatic heterocycles. The van der Waals surface area contributed by atoms with E-state index in [0.717, 1.165) is 25.3 Å². The molecule has 166 valence electrons. The maximum atomic E-state index is 12.7. The number of hydrogen-bond acceptors (Lipinski definition) is 8. The summed E-state index contributed by atoms with van der Waals surface area (Å²) >= 11 is 1.32. The minimum atomic E-state index is -5.80. The van der Waals surface area contributed by atoms with Gasteiger partial charge in [-0.2, -0.15) is 26.7 Å². The van der Waals surface area contributed by atoms with Crippen molar-refractivity contribution in [1.29, 1.82) is 0 Å². The highest BCUT2D eigenvalue weighted by molar-refractivity contribution is 7.98. The minimum Gasteiger partial charge on any atom is -0.376 e. The van der Waals surface area contributed by atoms with Crippen molar-refractivity contribution in [3.63, 3.8) is 0 Å². The van der Waals surface area contributed by atoms with E-state index in [9.17, 15) is 21.6 Å². The van der Waals surface area contributed by atoms with Gasteiger partial charge in [-0.3, -0.25) is 0 Å². The molecule has 0 N–H and O–H groups in total. The van der Waals surface area contributed by atoms with E-state index >= 15 is 0 Å². The molecule has 3 aromatic rings. The van der Waals surface area contributed by atoms with Crippen LogP contribution in [0.4, 0.5) is 13.2 Å². The number of fused-ring (bicyclic) bond motifs is 1. The molecule has 31 heavy (non-hydrogen) atoms. The monoisotopic (exact) mass is 474 g/mol. The van der Waals surface area contributed by atoms with Gasteiger partial charge in [0.1, 0.15) is 11.4 Å². The number of alkyl halides is 3. The van der Waals surface area contributed by atoms with Gasteiger partial charge in [0.15, 0.2) is 11.4 Å².